The van der Waals surface area contributed by atoms with Gasteiger partial charge in [0, 0.05) is 24.8 Å². The van der Waals surface area contributed by atoms with Crippen molar-refractivity contribution in [2.24, 2.45) is 11.8 Å². The van der Waals surface area contributed by atoms with Crippen molar-refractivity contribution in [3.05, 3.63) is 24.0 Å². The summed E-state index contributed by atoms with van der Waals surface area (Å²) in [6, 6.07) is 5.45. The van der Waals surface area contributed by atoms with Gasteiger partial charge in [-0.15, -0.1) is 0 Å². The second-order valence-electron chi connectivity index (χ2n) is 9.67. The Morgan fingerprint density at radius 1 is 1.09 bits per heavy atom. The molecule has 1 aliphatic heterocycles. The van der Waals surface area contributed by atoms with Crippen molar-refractivity contribution in [1.82, 2.24) is 19.9 Å². The zero-order valence-electron chi connectivity index (χ0n) is 19.6. The van der Waals surface area contributed by atoms with Crippen LogP contribution in [0.3, 0.4) is 0 Å². The Kier molecular flexibility index (Phi) is 6.23. The molecular formula is C24H33FN6O2. The number of nitrogens with one attached hydrogen (secondary N) is 1. The molecule has 8 nitrogen and oxygen atoms in total. The van der Waals surface area contributed by atoms with Crippen molar-refractivity contribution in [1.29, 1.82) is 0 Å². The first-order valence-electron chi connectivity index (χ1n) is 11.9. The van der Waals surface area contributed by atoms with Crippen LogP contribution in [0, 0.1) is 17.7 Å². The number of hydrogen-bond donors (Lipinski definition) is 1. The minimum absolute atomic E-state index is 0.166. The summed E-state index contributed by atoms with van der Waals surface area (Å²) in [5, 5.41) is 3.49. The summed E-state index contributed by atoms with van der Waals surface area (Å²) in [6.07, 6.45) is 7.07. The van der Waals surface area contributed by atoms with Crippen LogP contribution in [0.2, 0.25) is 0 Å². The van der Waals surface area contributed by atoms with Crippen LogP contribution in [-0.2, 0) is 0 Å². The van der Waals surface area contributed by atoms with Crippen molar-refractivity contribution in [3.8, 4) is 11.8 Å². The van der Waals surface area contributed by atoms with Gasteiger partial charge in [0.1, 0.15) is 6.10 Å². The Morgan fingerprint density at radius 3 is 2.58 bits per heavy atom. The highest BCUT2D eigenvalue weighted by Crippen LogP contribution is 2.45. The third-order valence-electron chi connectivity index (χ3n) is 7.41. The summed E-state index contributed by atoms with van der Waals surface area (Å²) in [5.74, 6) is 2.06. The smallest absolute Gasteiger partial charge is 0.323 e. The minimum Gasteiger partial charge on any atom is -0.494 e. The lowest BCUT2D eigenvalue weighted by Crippen LogP contribution is -2.37. The van der Waals surface area contributed by atoms with Crippen molar-refractivity contribution in [2.45, 2.75) is 50.7 Å². The highest BCUT2D eigenvalue weighted by molar-refractivity contribution is 5.58. The van der Waals surface area contributed by atoms with E-state index in [2.05, 4.69) is 32.2 Å². The van der Waals surface area contributed by atoms with Crippen molar-refractivity contribution >= 4 is 17.6 Å². The van der Waals surface area contributed by atoms with Crippen LogP contribution in [0.4, 0.5) is 22.0 Å². The summed E-state index contributed by atoms with van der Waals surface area (Å²) in [6.45, 7) is 2.07. The van der Waals surface area contributed by atoms with Gasteiger partial charge in [0.05, 0.1) is 7.11 Å². The van der Waals surface area contributed by atoms with Gasteiger partial charge in [-0.25, -0.2) is 4.39 Å². The number of benzene rings is 1. The van der Waals surface area contributed by atoms with Crippen molar-refractivity contribution in [3.63, 3.8) is 0 Å². The zero-order chi connectivity index (χ0) is 22.9. The lowest BCUT2D eigenvalue weighted by molar-refractivity contribution is 0.126. The first-order chi connectivity index (χ1) is 16.0. The third kappa shape index (κ3) is 4.83. The molecule has 178 valence electrons. The molecular weight excluding hydrogens is 423 g/mol. The second-order valence-corrected chi connectivity index (χ2v) is 9.67. The second kappa shape index (κ2) is 9.29. The van der Waals surface area contributed by atoms with E-state index < -0.39 is 5.82 Å². The number of fused-ring (bicyclic) bond motifs is 2. The van der Waals surface area contributed by atoms with Crippen molar-refractivity contribution in [2.75, 3.05) is 44.5 Å². The van der Waals surface area contributed by atoms with E-state index in [1.807, 2.05) is 7.05 Å². The van der Waals surface area contributed by atoms with E-state index in [1.165, 1.54) is 32.4 Å². The maximum atomic E-state index is 14.3. The standard InChI is InChI=1S/C24H33FN6O2/c1-30-10-8-17(9-11-30)26-22-27-23(31(2)18-6-7-20(32-3)19(25)14-18)29-24(28-22)33-21-13-15-4-5-16(21)12-15/h6-7,14-17,21H,4-5,8-13H2,1-3H3,(H,26,27,28,29). The summed E-state index contributed by atoms with van der Waals surface area (Å²) in [4.78, 5) is 18.0. The molecule has 3 fully saturated rings. The molecule has 0 spiro atoms. The zero-order valence-corrected chi connectivity index (χ0v) is 19.6. The molecule has 3 aliphatic rings. The van der Waals surface area contributed by atoms with Gasteiger partial charge in [-0.1, -0.05) is 0 Å². The number of aromatic nitrogens is 3. The highest BCUT2D eigenvalue weighted by Gasteiger charge is 2.41. The summed E-state index contributed by atoms with van der Waals surface area (Å²) < 4.78 is 25.7. The summed E-state index contributed by atoms with van der Waals surface area (Å²) in [7, 11) is 5.41. The van der Waals surface area contributed by atoms with Gasteiger partial charge >= 0.3 is 6.01 Å². The van der Waals surface area contributed by atoms with Gasteiger partial charge in [0.25, 0.3) is 0 Å². The molecule has 33 heavy (non-hydrogen) atoms. The molecule has 1 aromatic heterocycles. The van der Waals surface area contributed by atoms with Gasteiger partial charge in [-0.05, 0) is 82.6 Å². The van der Waals surface area contributed by atoms with E-state index in [0.29, 0.717) is 35.6 Å². The highest BCUT2D eigenvalue weighted by atomic mass is 19.1. The molecule has 2 saturated carbocycles. The fourth-order valence-electron chi connectivity index (χ4n) is 5.39. The van der Waals surface area contributed by atoms with Crippen LogP contribution in [0.5, 0.6) is 11.8 Å². The lowest BCUT2D eigenvalue weighted by atomic mass is 9.98. The van der Waals surface area contributed by atoms with Crippen LogP contribution < -0.4 is 19.7 Å². The fourth-order valence-corrected chi connectivity index (χ4v) is 5.39. The number of hydrogen-bond acceptors (Lipinski definition) is 8. The molecule has 3 atom stereocenters. The predicted octanol–water partition coefficient (Wildman–Crippen LogP) is 3.86. The van der Waals surface area contributed by atoms with Crippen LogP contribution in [0.25, 0.3) is 0 Å². The largest absolute Gasteiger partial charge is 0.494 e. The number of rotatable bonds is 7. The molecule has 0 amide bonds. The van der Waals surface area contributed by atoms with Gasteiger partial charge in [0.15, 0.2) is 11.6 Å². The van der Waals surface area contributed by atoms with E-state index >= 15 is 0 Å². The average molecular weight is 457 g/mol. The molecule has 1 saturated heterocycles. The van der Waals surface area contributed by atoms with Crippen LogP contribution in [-0.4, -0.2) is 66.3 Å². The molecule has 1 N–H and O–H groups in total. The monoisotopic (exact) mass is 456 g/mol. The van der Waals surface area contributed by atoms with E-state index in [0.717, 1.165) is 38.3 Å². The van der Waals surface area contributed by atoms with Gasteiger partial charge in [-0.3, -0.25) is 0 Å². The van der Waals surface area contributed by atoms with E-state index in [4.69, 9.17) is 9.47 Å². The van der Waals surface area contributed by atoms with E-state index in [-0.39, 0.29) is 11.9 Å². The number of anilines is 3. The summed E-state index contributed by atoms with van der Waals surface area (Å²) >= 11 is 0. The molecule has 2 heterocycles. The topological polar surface area (TPSA) is 75.6 Å². The third-order valence-corrected chi connectivity index (χ3v) is 7.41. The van der Waals surface area contributed by atoms with Crippen LogP contribution in [0.1, 0.15) is 38.5 Å². The Morgan fingerprint density at radius 2 is 1.91 bits per heavy atom. The maximum Gasteiger partial charge on any atom is 0.323 e. The number of nitrogens with zero attached hydrogens (tertiary/aromatic N) is 5. The molecule has 2 aromatic rings. The van der Waals surface area contributed by atoms with Crippen molar-refractivity contribution < 1.29 is 13.9 Å². The SMILES string of the molecule is COc1ccc(N(C)c2nc(NC3CCN(C)CC3)nc(OC3CC4CCC3C4)n2)cc1F. The quantitative estimate of drug-likeness (QED) is 0.673. The number of piperidine rings is 1. The van der Waals surface area contributed by atoms with Gasteiger partial charge < -0.3 is 24.6 Å². The molecule has 0 radical (unpaired) electrons. The van der Waals surface area contributed by atoms with E-state index in [1.54, 1.807) is 17.0 Å². The fraction of sp³-hybridized carbons (Fsp3) is 0.625. The van der Waals surface area contributed by atoms with Gasteiger partial charge in [-0.2, -0.15) is 15.0 Å². The molecule has 2 aliphatic carbocycles. The Hall–Kier alpha value is -2.68. The normalized spacial score (nSPS) is 25.3. The Bertz CT molecular complexity index is 983. The summed E-state index contributed by atoms with van der Waals surface area (Å²) in [5.41, 5.74) is 0.621. The molecule has 2 bridgehead atoms. The first kappa shape index (κ1) is 22.1. The number of ether oxygens (including phenoxy) is 2. The van der Waals surface area contributed by atoms with Crippen LogP contribution >= 0.6 is 0 Å². The molecule has 5 rings (SSSR count). The van der Waals surface area contributed by atoms with E-state index in [9.17, 15) is 4.39 Å². The number of halogens is 1. The molecule has 1 aromatic carbocycles. The number of methoxy groups -OCH3 is 1. The Labute approximate surface area is 194 Å². The average Bonchev–Trinajstić information content (AvgIpc) is 3.43. The Balaban J connectivity index is 1.40. The van der Waals surface area contributed by atoms with Gasteiger partial charge in [0.2, 0.25) is 11.9 Å². The molecule has 3 unspecified atom stereocenters. The lowest BCUT2D eigenvalue weighted by Gasteiger charge is -2.30. The predicted molar refractivity (Wildman–Crippen MR) is 125 cm³/mol. The number of likely N-dealkylation sites (tertiary alicyclic amines) is 1. The maximum absolute atomic E-state index is 14.3. The first-order valence-corrected chi connectivity index (χ1v) is 11.9. The minimum atomic E-state index is -0.431. The van der Waals surface area contributed by atoms with Crippen LogP contribution in [0.15, 0.2) is 18.2 Å². The molecule has 9 heteroatoms.